The zero-order valence-corrected chi connectivity index (χ0v) is 18.3. The quantitative estimate of drug-likeness (QED) is 0.382. The Bertz CT molecular complexity index is 1340. The van der Waals surface area contributed by atoms with Crippen LogP contribution in [0.3, 0.4) is 0 Å². The van der Waals surface area contributed by atoms with E-state index in [1.54, 1.807) is 24.3 Å². The zero-order valence-electron chi connectivity index (χ0n) is 16.7. The van der Waals surface area contributed by atoms with E-state index in [9.17, 15) is 17.6 Å². The Morgan fingerprint density at radius 2 is 1.66 bits per heavy atom. The first kappa shape index (κ1) is 21.8. The Morgan fingerprint density at radius 3 is 2.34 bits per heavy atom. The molecule has 1 aromatic heterocycles. The van der Waals surface area contributed by atoms with E-state index in [1.165, 1.54) is 30.3 Å². The lowest BCUT2D eigenvalue weighted by Gasteiger charge is -2.06. The number of H-pyrrole nitrogens is 1. The molecule has 4 aromatic rings. The van der Waals surface area contributed by atoms with Crippen LogP contribution in [0.4, 0.5) is 10.1 Å². The first-order valence-electron chi connectivity index (χ1n) is 9.57. The van der Waals surface area contributed by atoms with Crippen molar-refractivity contribution in [2.24, 2.45) is 0 Å². The second-order valence-corrected chi connectivity index (χ2v) is 9.60. The van der Waals surface area contributed by atoms with Gasteiger partial charge in [-0.25, -0.2) is 17.8 Å². The average molecular weight is 468 g/mol. The summed E-state index contributed by atoms with van der Waals surface area (Å²) in [4.78, 5) is 19.9. The molecule has 0 spiro atoms. The maximum absolute atomic E-state index is 13.3. The van der Waals surface area contributed by atoms with Gasteiger partial charge in [0, 0.05) is 11.3 Å². The van der Waals surface area contributed by atoms with Crippen LogP contribution in [0.25, 0.3) is 11.4 Å². The van der Waals surface area contributed by atoms with Crippen molar-refractivity contribution in [3.63, 3.8) is 0 Å². The van der Waals surface area contributed by atoms with E-state index in [-0.39, 0.29) is 20.7 Å². The molecule has 0 saturated heterocycles. The summed E-state index contributed by atoms with van der Waals surface area (Å²) in [5.74, 6) is -0.597. The molecule has 4 rings (SSSR count). The van der Waals surface area contributed by atoms with E-state index in [0.29, 0.717) is 17.1 Å². The number of hydrogen-bond acceptors (Lipinski definition) is 5. The highest BCUT2D eigenvalue weighted by molar-refractivity contribution is 8.00. The Hall–Kier alpha value is -3.43. The van der Waals surface area contributed by atoms with E-state index < -0.39 is 21.6 Å². The van der Waals surface area contributed by atoms with Gasteiger partial charge in [0.15, 0.2) is 5.03 Å². The summed E-state index contributed by atoms with van der Waals surface area (Å²) in [5.41, 5.74) is 1.04. The van der Waals surface area contributed by atoms with Crippen molar-refractivity contribution in [1.82, 2.24) is 9.97 Å². The average Bonchev–Trinajstić information content (AvgIpc) is 3.24. The van der Waals surface area contributed by atoms with Gasteiger partial charge in [0.05, 0.1) is 10.6 Å². The van der Waals surface area contributed by atoms with E-state index >= 15 is 0 Å². The third-order valence-electron chi connectivity index (χ3n) is 4.46. The first-order valence-corrected chi connectivity index (χ1v) is 12.0. The summed E-state index contributed by atoms with van der Waals surface area (Å²) in [5, 5.41) is 2.70. The number of anilines is 1. The molecule has 32 heavy (non-hydrogen) atoms. The number of rotatable bonds is 7. The van der Waals surface area contributed by atoms with Crippen LogP contribution in [0.15, 0.2) is 99.9 Å². The number of thioether (sulfide) groups is 1. The summed E-state index contributed by atoms with van der Waals surface area (Å²) in [6.07, 6.45) is 0. The van der Waals surface area contributed by atoms with Crippen molar-refractivity contribution in [3.8, 4) is 11.4 Å². The number of sulfone groups is 1. The molecule has 0 radical (unpaired) electrons. The molecule has 2 N–H and O–H groups in total. The van der Waals surface area contributed by atoms with Gasteiger partial charge in [-0.15, -0.1) is 0 Å². The standard InChI is InChI=1S/C23H18FN3O3S2/c24-17-10-7-11-18(14-17)25-20(28)15-31-22-23(32(29,30)19-12-5-2-6-13-19)27-21(26-22)16-8-3-1-4-9-16/h1-14H,15H2,(H,25,28)(H,26,27). The fourth-order valence-electron chi connectivity index (χ4n) is 2.97. The van der Waals surface area contributed by atoms with Crippen LogP contribution in [0.2, 0.25) is 0 Å². The van der Waals surface area contributed by atoms with Crippen molar-refractivity contribution in [2.45, 2.75) is 14.9 Å². The zero-order chi connectivity index (χ0) is 22.6. The van der Waals surface area contributed by atoms with Crippen LogP contribution in [-0.2, 0) is 14.6 Å². The number of halogens is 1. The lowest BCUT2D eigenvalue weighted by Crippen LogP contribution is -2.14. The van der Waals surface area contributed by atoms with E-state index in [4.69, 9.17) is 0 Å². The summed E-state index contributed by atoms with van der Waals surface area (Å²) < 4.78 is 39.8. The number of carbonyl (C=O) groups excluding carboxylic acids is 1. The van der Waals surface area contributed by atoms with Gasteiger partial charge in [-0.1, -0.05) is 66.4 Å². The molecule has 0 aliphatic heterocycles. The van der Waals surface area contributed by atoms with Crippen LogP contribution < -0.4 is 5.32 Å². The third kappa shape index (κ3) is 4.90. The number of hydrogen-bond donors (Lipinski definition) is 2. The highest BCUT2D eigenvalue weighted by Gasteiger charge is 2.26. The van der Waals surface area contributed by atoms with E-state index in [1.807, 2.05) is 30.3 Å². The minimum absolute atomic E-state index is 0.0777. The summed E-state index contributed by atoms with van der Waals surface area (Å²) in [6.45, 7) is 0. The van der Waals surface area contributed by atoms with Crippen LogP contribution in [-0.4, -0.2) is 30.0 Å². The predicted octanol–water partition coefficient (Wildman–Crippen LogP) is 4.78. The lowest BCUT2D eigenvalue weighted by atomic mass is 10.2. The van der Waals surface area contributed by atoms with Gasteiger partial charge in [0.1, 0.15) is 16.7 Å². The van der Waals surface area contributed by atoms with Crippen molar-refractivity contribution in [1.29, 1.82) is 0 Å². The first-order chi connectivity index (χ1) is 15.4. The molecular formula is C23H18FN3O3S2. The van der Waals surface area contributed by atoms with Gasteiger partial charge in [-0.3, -0.25) is 4.79 Å². The van der Waals surface area contributed by atoms with Crippen molar-refractivity contribution < 1.29 is 17.6 Å². The van der Waals surface area contributed by atoms with Crippen molar-refractivity contribution >= 4 is 33.2 Å². The topological polar surface area (TPSA) is 91.9 Å². The molecule has 0 fully saturated rings. The summed E-state index contributed by atoms with van der Waals surface area (Å²) in [7, 11) is -3.89. The van der Waals surface area contributed by atoms with Gasteiger partial charge in [-0.05, 0) is 30.3 Å². The monoisotopic (exact) mass is 467 g/mol. The Kier molecular flexibility index (Phi) is 6.38. The minimum Gasteiger partial charge on any atom is -0.328 e. The summed E-state index contributed by atoms with van der Waals surface area (Å²) in [6, 6.07) is 22.7. The molecule has 162 valence electrons. The van der Waals surface area contributed by atoms with Crippen molar-refractivity contribution in [3.05, 3.63) is 90.7 Å². The minimum atomic E-state index is -3.89. The maximum atomic E-state index is 13.3. The molecule has 1 amide bonds. The summed E-state index contributed by atoms with van der Waals surface area (Å²) >= 11 is 0.988. The number of imidazole rings is 1. The molecule has 1 heterocycles. The van der Waals surface area contributed by atoms with Crippen LogP contribution in [0.1, 0.15) is 0 Å². The van der Waals surface area contributed by atoms with Gasteiger partial charge >= 0.3 is 0 Å². The molecule has 0 bridgehead atoms. The van der Waals surface area contributed by atoms with Crippen LogP contribution in [0, 0.1) is 5.82 Å². The molecule has 0 unspecified atom stereocenters. The highest BCUT2D eigenvalue weighted by atomic mass is 32.2. The van der Waals surface area contributed by atoms with E-state index in [2.05, 4.69) is 15.3 Å². The van der Waals surface area contributed by atoms with Crippen LogP contribution in [0.5, 0.6) is 0 Å². The SMILES string of the molecule is O=C(CSc1nc(-c2ccccc2)[nH]c1S(=O)(=O)c1ccccc1)Nc1cccc(F)c1. The number of amides is 1. The Morgan fingerprint density at radius 1 is 0.969 bits per heavy atom. The van der Waals surface area contributed by atoms with Gasteiger partial charge in [0.2, 0.25) is 15.7 Å². The Balaban J connectivity index is 1.63. The maximum Gasteiger partial charge on any atom is 0.234 e. The normalized spacial score (nSPS) is 11.3. The second-order valence-electron chi connectivity index (χ2n) is 6.75. The molecule has 9 heteroatoms. The van der Waals surface area contributed by atoms with Gasteiger partial charge < -0.3 is 10.3 Å². The number of benzene rings is 3. The van der Waals surface area contributed by atoms with Crippen molar-refractivity contribution in [2.75, 3.05) is 11.1 Å². The predicted molar refractivity (Wildman–Crippen MR) is 122 cm³/mol. The third-order valence-corrected chi connectivity index (χ3v) is 7.29. The van der Waals surface area contributed by atoms with E-state index in [0.717, 1.165) is 11.8 Å². The number of aromatic nitrogens is 2. The highest BCUT2D eigenvalue weighted by Crippen LogP contribution is 2.32. The number of aromatic amines is 1. The largest absolute Gasteiger partial charge is 0.328 e. The number of nitrogens with one attached hydrogen (secondary N) is 2. The fourth-order valence-corrected chi connectivity index (χ4v) is 5.41. The molecule has 0 atom stereocenters. The Labute approximate surface area is 188 Å². The molecule has 6 nitrogen and oxygen atoms in total. The molecule has 0 saturated carbocycles. The molecule has 0 aliphatic carbocycles. The smallest absolute Gasteiger partial charge is 0.234 e. The molecular weight excluding hydrogens is 449 g/mol. The van der Waals surface area contributed by atoms with Gasteiger partial charge in [0.25, 0.3) is 0 Å². The number of carbonyl (C=O) groups is 1. The van der Waals surface area contributed by atoms with Crippen LogP contribution >= 0.6 is 11.8 Å². The van der Waals surface area contributed by atoms with Gasteiger partial charge in [-0.2, -0.15) is 0 Å². The lowest BCUT2D eigenvalue weighted by molar-refractivity contribution is -0.113. The molecule has 0 aliphatic rings. The second kappa shape index (κ2) is 9.37. The number of nitrogens with zero attached hydrogens (tertiary/aromatic N) is 1. The molecule has 3 aromatic carbocycles. The fraction of sp³-hybridized carbons (Fsp3) is 0.0435.